The first-order chi connectivity index (χ1) is 10.2. The second-order valence-corrected chi connectivity index (χ2v) is 7.34. The van der Waals surface area contributed by atoms with E-state index in [4.69, 9.17) is 11.6 Å². The van der Waals surface area contributed by atoms with Crippen molar-refractivity contribution in [1.29, 1.82) is 0 Å². The van der Waals surface area contributed by atoms with Gasteiger partial charge in [0.15, 0.2) is 0 Å². The van der Waals surface area contributed by atoms with E-state index in [-0.39, 0.29) is 18.4 Å². The number of hydrogen-bond donors (Lipinski definition) is 1. The molecule has 0 spiro atoms. The van der Waals surface area contributed by atoms with Crippen LogP contribution in [0, 0.1) is 0 Å². The van der Waals surface area contributed by atoms with Gasteiger partial charge in [-0.1, -0.05) is 17.7 Å². The predicted molar refractivity (Wildman–Crippen MR) is 80.4 cm³/mol. The molecule has 2 rings (SSSR count). The summed E-state index contributed by atoms with van der Waals surface area (Å²) in [6.07, 6.45) is 3.32. The van der Waals surface area contributed by atoms with Crippen LogP contribution in [0.4, 0.5) is 0 Å². The number of aromatic nitrogens is 1. The first kappa shape index (κ1) is 16.7. The van der Waals surface area contributed by atoms with Gasteiger partial charge in [0, 0.05) is 31.6 Å². The highest BCUT2D eigenvalue weighted by molar-refractivity contribution is 7.89. The number of hydrogen-bond acceptors (Lipinski definition) is 5. The largest absolute Gasteiger partial charge is 0.335 e. The van der Waals surface area contributed by atoms with Crippen molar-refractivity contribution in [3.63, 3.8) is 0 Å². The summed E-state index contributed by atoms with van der Waals surface area (Å²) in [6, 6.07) is 3.07. The molecule has 7 nitrogen and oxygen atoms in total. The molecular formula is C13H16ClN3O4S. The molecule has 1 aliphatic heterocycles. The summed E-state index contributed by atoms with van der Waals surface area (Å²) < 4.78 is 24.0. The number of halogens is 1. The number of rotatable bonds is 5. The van der Waals surface area contributed by atoms with Crippen LogP contribution in [0.1, 0.15) is 24.8 Å². The fourth-order valence-electron chi connectivity index (χ4n) is 2.38. The summed E-state index contributed by atoms with van der Waals surface area (Å²) in [5.74, 6) is -0.673. The van der Waals surface area contributed by atoms with Crippen molar-refractivity contribution in [2.75, 3.05) is 6.26 Å². The van der Waals surface area contributed by atoms with Crippen LogP contribution in [0.3, 0.4) is 0 Å². The third-order valence-electron chi connectivity index (χ3n) is 3.31. The lowest BCUT2D eigenvalue weighted by molar-refractivity contribution is -0.130. The molecule has 1 aliphatic rings. The Labute approximate surface area is 133 Å². The molecule has 1 N–H and O–H groups in total. The highest BCUT2D eigenvalue weighted by atomic mass is 35.5. The number of sulfonamides is 1. The maximum Gasteiger partial charge on any atom is 0.235 e. The fourth-order valence-corrected chi connectivity index (χ4v) is 2.99. The van der Waals surface area contributed by atoms with E-state index in [0.717, 1.165) is 11.8 Å². The van der Waals surface area contributed by atoms with Gasteiger partial charge in [0.2, 0.25) is 21.8 Å². The normalized spacial score (nSPS) is 18.5. The van der Waals surface area contributed by atoms with Gasteiger partial charge in [-0.3, -0.25) is 14.3 Å². The highest BCUT2D eigenvalue weighted by Crippen LogP contribution is 2.24. The van der Waals surface area contributed by atoms with Gasteiger partial charge in [-0.25, -0.2) is 13.4 Å². The molecule has 1 saturated heterocycles. The molecule has 0 aromatic carbocycles. The van der Waals surface area contributed by atoms with E-state index in [1.54, 1.807) is 23.2 Å². The smallest absolute Gasteiger partial charge is 0.235 e. The van der Waals surface area contributed by atoms with Gasteiger partial charge in [-0.2, -0.15) is 0 Å². The maximum atomic E-state index is 12.0. The van der Waals surface area contributed by atoms with E-state index in [9.17, 15) is 18.0 Å². The van der Waals surface area contributed by atoms with Crippen molar-refractivity contribution in [3.8, 4) is 0 Å². The minimum Gasteiger partial charge on any atom is -0.335 e. The number of likely N-dealkylation sites (tertiary alicyclic amines) is 1. The van der Waals surface area contributed by atoms with Crippen molar-refractivity contribution in [2.45, 2.75) is 31.8 Å². The van der Waals surface area contributed by atoms with Crippen LogP contribution < -0.4 is 4.72 Å². The Kier molecular flexibility index (Phi) is 5.02. The Morgan fingerprint density at radius 3 is 2.82 bits per heavy atom. The summed E-state index contributed by atoms with van der Waals surface area (Å²) in [5.41, 5.74) is 0.799. The van der Waals surface area contributed by atoms with Crippen molar-refractivity contribution in [3.05, 3.63) is 29.0 Å². The van der Waals surface area contributed by atoms with Crippen molar-refractivity contribution in [2.24, 2.45) is 0 Å². The molecule has 2 amide bonds. The van der Waals surface area contributed by atoms with Crippen molar-refractivity contribution in [1.82, 2.24) is 14.6 Å². The topological polar surface area (TPSA) is 96.4 Å². The molecule has 9 heteroatoms. The minimum atomic E-state index is -3.59. The molecule has 1 aromatic rings. The Bertz CT molecular complexity index is 675. The second kappa shape index (κ2) is 6.62. The molecule has 1 fully saturated rings. The molecule has 0 bridgehead atoms. The molecule has 2 heterocycles. The van der Waals surface area contributed by atoms with Crippen LogP contribution in [0.15, 0.2) is 18.3 Å². The average molecular weight is 346 g/mol. The Morgan fingerprint density at radius 1 is 1.50 bits per heavy atom. The van der Waals surface area contributed by atoms with Crippen LogP contribution in [0.2, 0.25) is 5.15 Å². The van der Waals surface area contributed by atoms with Crippen LogP contribution in [0.5, 0.6) is 0 Å². The second-order valence-electron chi connectivity index (χ2n) is 5.20. The zero-order valence-electron chi connectivity index (χ0n) is 12.0. The monoisotopic (exact) mass is 345 g/mol. The van der Waals surface area contributed by atoms with Gasteiger partial charge in [-0.15, -0.1) is 0 Å². The number of amides is 2. The molecule has 0 aliphatic carbocycles. The summed E-state index contributed by atoms with van der Waals surface area (Å²) in [5, 5.41) is 0.362. The number of nitrogens with one attached hydrogen (secondary N) is 1. The molecule has 120 valence electrons. The van der Waals surface area contributed by atoms with Crippen LogP contribution in [-0.2, 0) is 26.2 Å². The third kappa shape index (κ3) is 4.67. The minimum absolute atomic E-state index is 0.0418. The summed E-state index contributed by atoms with van der Waals surface area (Å²) in [7, 11) is -3.59. The lowest BCUT2D eigenvalue weighted by atomic mass is 10.1. The Balaban J connectivity index is 2.03. The van der Waals surface area contributed by atoms with Gasteiger partial charge in [-0.05, 0) is 18.1 Å². The van der Waals surface area contributed by atoms with Gasteiger partial charge >= 0.3 is 0 Å². The van der Waals surface area contributed by atoms with Gasteiger partial charge in [0.05, 0.1) is 6.26 Å². The van der Waals surface area contributed by atoms with E-state index < -0.39 is 15.9 Å². The van der Waals surface area contributed by atoms with Crippen LogP contribution >= 0.6 is 11.6 Å². The molecule has 1 aromatic heterocycles. The summed E-state index contributed by atoms with van der Waals surface area (Å²) >= 11 is 5.71. The molecular weight excluding hydrogens is 330 g/mol. The van der Waals surface area contributed by atoms with Gasteiger partial charge in [0.1, 0.15) is 5.15 Å². The van der Waals surface area contributed by atoms with E-state index >= 15 is 0 Å². The lowest BCUT2D eigenvalue weighted by Crippen LogP contribution is -2.38. The fraction of sp³-hybridized carbons (Fsp3) is 0.462. The van der Waals surface area contributed by atoms with E-state index in [1.807, 2.05) is 4.72 Å². The first-order valence-corrected chi connectivity index (χ1v) is 8.92. The summed E-state index contributed by atoms with van der Waals surface area (Å²) in [6.45, 7) is 0.319. The number of carbonyl (C=O) groups is 2. The molecule has 22 heavy (non-hydrogen) atoms. The zero-order chi connectivity index (χ0) is 16.3. The Hall–Kier alpha value is -1.67. The molecule has 1 atom stereocenters. The first-order valence-electron chi connectivity index (χ1n) is 6.65. The van der Waals surface area contributed by atoms with Crippen LogP contribution in [0.25, 0.3) is 0 Å². The SMILES string of the molecule is CS(=O)(=O)NC(=O)CC1CCC(=O)N1Cc1ccc(Cl)nc1. The van der Waals surface area contributed by atoms with Gasteiger partial charge < -0.3 is 4.90 Å². The zero-order valence-corrected chi connectivity index (χ0v) is 13.5. The van der Waals surface area contributed by atoms with E-state index in [1.165, 1.54) is 0 Å². The van der Waals surface area contributed by atoms with E-state index in [2.05, 4.69) is 4.98 Å². The lowest BCUT2D eigenvalue weighted by Gasteiger charge is -2.24. The maximum absolute atomic E-state index is 12.0. The number of pyridine rings is 1. The Morgan fingerprint density at radius 2 is 2.23 bits per heavy atom. The highest BCUT2D eigenvalue weighted by Gasteiger charge is 2.32. The molecule has 0 radical (unpaired) electrons. The molecule has 0 saturated carbocycles. The quantitative estimate of drug-likeness (QED) is 0.792. The third-order valence-corrected chi connectivity index (χ3v) is 4.14. The van der Waals surface area contributed by atoms with Crippen molar-refractivity contribution < 1.29 is 18.0 Å². The molecule has 1 unspecified atom stereocenters. The summed E-state index contributed by atoms with van der Waals surface area (Å²) in [4.78, 5) is 29.2. The van der Waals surface area contributed by atoms with Crippen molar-refractivity contribution >= 4 is 33.4 Å². The standard InChI is InChI=1S/C13H16ClN3O4S/c1-22(20,21)16-12(18)6-10-3-5-13(19)17(10)8-9-2-4-11(14)15-7-9/h2,4,7,10H,3,5-6,8H2,1H3,(H,16,18). The van der Waals surface area contributed by atoms with Crippen LogP contribution in [-0.4, -0.2) is 42.4 Å². The average Bonchev–Trinajstić information content (AvgIpc) is 2.72. The van der Waals surface area contributed by atoms with Gasteiger partial charge in [0.25, 0.3) is 0 Å². The number of carbonyl (C=O) groups excluding carboxylic acids is 2. The number of nitrogens with zero attached hydrogens (tertiary/aromatic N) is 2. The van der Waals surface area contributed by atoms with E-state index in [0.29, 0.717) is 24.5 Å². The predicted octanol–water partition coefficient (Wildman–Crippen LogP) is 0.692.